The highest BCUT2D eigenvalue weighted by atomic mass is 32.7. The van der Waals surface area contributed by atoms with Crippen molar-refractivity contribution >= 4 is 95.1 Å². The Morgan fingerprint density at radius 1 is 1.07 bits per heavy atom. The van der Waals surface area contributed by atoms with Gasteiger partial charge in [0.15, 0.2) is 34.7 Å². The maximum atomic E-state index is 15.1. The number of aliphatic hydroxyl groups is 1. The lowest BCUT2D eigenvalue weighted by molar-refractivity contribution is -0.127. The molecule has 0 radical (unpaired) electrons. The fourth-order valence-electron chi connectivity index (χ4n) is 7.32. The number of carbonyl (C=O) groups excluding carboxylic acids is 4. The summed E-state index contributed by atoms with van der Waals surface area (Å²) in [5.74, 6) is -2.30. The largest absolute Gasteiger partial charge is 0.445 e. The molecule has 0 saturated carbocycles. The van der Waals surface area contributed by atoms with Crippen LogP contribution in [0, 0.1) is 11.7 Å². The van der Waals surface area contributed by atoms with Gasteiger partial charge in [-0.2, -0.15) is 0 Å². The Balaban J connectivity index is 0.970. The second kappa shape index (κ2) is 25.5. The van der Waals surface area contributed by atoms with E-state index in [1.54, 1.807) is 49.6 Å². The molecule has 1 saturated heterocycles. The van der Waals surface area contributed by atoms with E-state index in [0.717, 1.165) is 24.2 Å². The van der Waals surface area contributed by atoms with Gasteiger partial charge >= 0.3 is 19.6 Å². The number of nitrogens with one attached hydrogen (secondary N) is 4. The number of anilines is 2. The van der Waals surface area contributed by atoms with Gasteiger partial charge in [0.2, 0.25) is 17.7 Å². The Morgan fingerprint density at radius 3 is 2.49 bits per heavy atom. The fourth-order valence-corrected chi connectivity index (χ4v) is 9.25. The number of carbonyl (C=O) groups is 4. The van der Waals surface area contributed by atoms with E-state index in [1.165, 1.54) is 24.6 Å². The van der Waals surface area contributed by atoms with E-state index >= 15 is 4.39 Å². The number of benzene rings is 1. The standard InChI is InChI=1S/C42H57FN12O15P2S2/c1-22(2)32(44)40(60)50-23(3)38(58)51-25-10-8-24(9-11-25)16-66-42(61)53(4)14-6-7-29(56)52-35-33-37(47-19-45-35)55(21-49-33)30-13-12-26(69-30)17-68-72(64,74)70-41(34(57)28(65-5)18-67-71(62,63)73)54-15-27(43)31-36(54)46-20-48-39(31)59/h8-11,15,19-23,26,28,30,32,34,41,57H,6-7,12-14,16-18,44H2,1-5H3,(H,50,60)(H,51,58)(H,64,74)(H,46,48,59)(H2,62,63,73)(H,45,47,52,56)/t23-,26-,28+,30+,32?,34+,41+,72?/m0/s1. The minimum atomic E-state index is -4.53. The van der Waals surface area contributed by atoms with Crippen LogP contribution < -0.4 is 27.2 Å². The summed E-state index contributed by atoms with van der Waals surface area (Å²) < 4.78 is 64.3. The number of halogens is 1. The summed E-state index contributed by atoms with van der Waals surface area (Å²) in [5, 5.41) is 18.9. The van der Waals surface area contributed by atoms with Crippen molar-refractivity contribution in [3.05, 3.63) is 71.2 Å². The number of H-pyrrole nitrogens is 1. The number of methoxy groups -OCH3 is 1. The molecule has 27 nitrogen and oxygen atoms in total. The minimum absolute atomic E-state index is 0.0108. The Hall–Kier alpha value is -5.33. The summed E-state index contributed by atoms with van der Waals surface area (Å²) in [5.41, 5.74) is 6.36. The second-order valence-electron chi connectivity index (χ2n) is 17.3. The topological polar surface area (TPSA) is 361 Å². The van der Waals surface area contributed by atoms with Crippen molar-refractivity contribution in [1.29, 1.82) is 0 Å². The number of ether oxygens (including phenoxy) is 3. The third-order valence-electron chi connectivity index (χ3n) is 11.5. The van der Waals surface area contributed by atoms with Crippen LogP contribution in [0.1, 0.15) is 64.5 Å². The number of amides is 4. The van der Waals surface area contributed by atoms with Crippen molar-refractivity contribution < 1.29 is 70.8 Å². The molecule has 0 spiro atoms. The van der Waals surface area contributed by atoms with Crippen molar-refractivity contribution in [2.24, 2.45) is 11.7 Å². The lowest BCUT2D eigenvalue weighted by atomic mass is 10.0. The third kappa shape index (κ3) is 15.4. The number of hydrogen-bond acceptors (Lipinski definition) is 19. The maximum Gasteiger partial charge on any atom is 0.409 e. The van der Waals surface area contributed by atoms with Crippen LogP contribution >= 0.6 is 25.8 Å². The number of thiol groups is 1. The number of nitrogens with zero attached hydrogens (tertiary/aromatic N) is 7. The van der Waals surface area contributed by atoms with Gasteiger partial charge in [-0.05, 0) is 61.6 Å². The molecule has 4 aromatic heterocycles. The number of hydrogen-bond donors (Lipinski definition) is 9. The van der Waals surface area contributed by atoms with E-state index < -0.39 is 104 Å². The van der Waals surface area contributed by atoms with Crippen LogP contribution in [0.2, 0.25) is 0 Å². The Bertz CT molecular complexity index is 2950. The van der Waals surface area contributed by atoms with E-state index in [-0.39, 0.29) is 55.5 Å². The van der Waals surface area contributed by atoms with Crippen molar-refractivity contribution in [2.45, 2.75) is 95.9 Å². The molecule has 1 aliphatic rings. The lowest BCUT2D eigenvalue weighted by Gasteiger charge is -2.31. The molecule has 5 aromatic rings. The predicted octanol–water partition coefficient (Wildman–Crippen LogP) is 2.97. The van der Waals surface area contributed by atoms with Crippen molar-refractivity contribution in [2.75, 3.05) is 44.5 Å². The molecule has 5 heterocycles. The molecule has 6 rings (SSSR count). The summed E-state index contributed by atoms with van der Waals surface area (Å²) in [7, 11) is 2.66. The van der Waals surface area contributed by atoms with Crippen LogP contribution in [0.15, 0.2) is 54.2 Å². The zero-order valence-corrected chi connectivity index (χ0v) is 44.0. The fraction of sp³-hybridized carbons (Fsp3) is 0.500. The highest BCUT2D eigenvalue weighted by molar-refractivity contribution is 8.44. The van der Waals surface area contributed by atoms with Gasteiger partial charge in [0.1, 0.15) is 42.8 Å². The van der Waals surface area contributed by atoms with Crippen LogP contribution in [0.5, 0.6) is 0 Å². The highest BCUT2D eigenvalue weighted by Crippen LogP contribution is 2.57. The monoisotopic (exact) mass is 1110 g/mol. The van der Waals surface area contributed by atoms with Crippen LogP contribution in [0.25, 0.3) is 22.2 Å². The molecular formula is C42H57FN12O15P2S2. The van der Waals surface area contributed by atoms with E-state index in [2.05, 4.69) is 64.9 Å². The third-order valence-corrected chi connectivity index (χ3v) is 13.9. The average molecular weight is 1120 g/mol. The number of aromatic amines is 1. The summed E-state index contributed by atoms with van der Waals surface area (Å²) >= 11 is 8.58. The minimum Gasteiger partial charge on any atom is -0.445 e. The maximum absolute atomic E-state index is 15.1. The zero-order chi connectivity index (χ0) is 54.1. The number of aromatic nitrogens is 7. The number of rotatable bonds is 25. The van der Waals surface area contributed by atoms with Gasteiger partial charge in [0.05, 0.1) is 38.0 Å². The molecular weight excluding hydrogens is 1060 g/mol. The molecule has 404 valence electrons. The van der Waals surface area contributed by atoms with Crippen molar-refractivity contribution in [3.8, 4) is 0 Å². The second-order valence-corrected chi connectivity index (χ2v) is 22.8. The Kier molecular flexibility index (Phi) is 19.9. The van der Waals surface area contributed by atoms with Gasteiger partial charge in [0.25, 0.3) is 5.56 Å². The molecule has 0 bridgehead atoms. The Labute approximate surface area is 431 Å². The number of aliphatic hydroxyl groups excluding tert-OH is 1. The molecule has 0 aliphatic carbocycles. The summed E-state index contributed by atoms with van der Waals surface area (Å²) in [6.07, 6.45) is -1.79. The smallest absolute Gasteiger partial charge is 0.409 e. The molecule has 1 aliphatic heterocycles. The normalized spacial score (nSPS) is 17.8. The molecule has 4 amide bonds. The molecule has 1 aromatic carbocycles. The summed E-state index contributed by atoms with van der Waals surface area (Å²) in [6, 6.07) is 5.05. The van der Waals surface area contributed by atoms with Gasteiger partial charge in [-0.3, -0.25) is 37.4 Å². The van der Waals surface area contributed by atoms with Crippen LogP contribution in [0.3, 0.4) is 0 Å². The van der Waals surface area contributed by atoms with Gasteiger partial charge in [-0.1, -0.05) is 38.2 Å². The van der Waals surface area contributed by atoms with Gasteiger partial charge in [0, 0.05) is 39.0 Å². The first-order chi connectivity index (χ1) is 34.9. The van der Waals surface area contributed by atoms with Crippen LogP contribution in [0.4, 0.5) is 20.7 Å². The van der Waals surface area contributed by atoms with Gasteiger partial charge in [-0.15, -0.1) is 0 Å². The number of fused-ring (bicyclic) bond motifs is 2. The number of nitrogens with two attached hydrogens (primary N) is 1. The van der Waals surface area contributed by atoms with E-state index in [0.29, 0.717) is 29.7 Å². The number of imidazole rings is 1. The summed E-state index contributed by atoms with van der Waals surface area (Å²) in [4.78, 5) is 103. The van der Waals surface area contributed by atoms with Crippen LogP contribution in [-0.2, 0) is 65.1 Å². The van der Waals surface area contributed by atoms with Crippen molar-refractivity contribution in [1.82, 2.24) is 44.3 Å². The molecule has 8 atom stereocenters. The highest BCUT2D eigenvalue weighted by Gasteiger charge is 2.39. The molecule has 32 heteroatoms. The zero-order valence-electron chi connectivity index (χ0n) is 40.5. The molecule has 1 fully saturated rings. The van der Waals surface area contributed by atoms with E-state index in [1.807, 2.05) is 0 Å². The van der Waals surface area contributed by atoms with E-state index in [9.17, 15) is 43.4 Å². The molecule has 74 heavy (non-hydrogen) atoms. The first-order valence-corrected chi connectivity index (χ1v) is 28.0. The predicted molar refractivity (Wildman–Crippen MR) is 269 cm³/mol. The average Bonchev–Trinajstić information content (AvgIpc) is 4.09. The molecule has 9 N–H and O–H groups in total. The first-order valence-electron chi connectivity index (χ1n) is 22.7. The lowest BCUT2D eigenvalue weighted by Crippen LogP contribution is -2.50. The van der Waals surface area contributed by atoms with E-state index in [4.69, 9.17) is 33.5 Å². The van der Waals surface area contributed by atoms with Crippen LogP contribution in [-0.4, -0.2) is 142 Å². The van der Waals surface area contributed by atoms with Gasteiger partial charge in [-0.25, -0.2) is 33.7 Å². The quantitative estimate of drug-likeness (QED) is 0.0300. The van der Waals surface area contributed by atoms with Gasteiger partial charge < -0.3 is 65.2 Å². The Morgan fingerprint density at radius 2 is 1.80 bits per heavy atom. The first kappa shape index (κ1) is 57.9. The van der Waals surface area contributed by atoms with Crippen molar-refractivity contribution in [3.63, 3.8) is 0 Å². The SMILES string of the molecule is CO[C@H](COP(O)(O)=S)[C@@H](O)[C@@H](OP(=O)(S)OC[C@@H]1CC[C@H](n2cnc3c(NC(=O)CCCN(C)C(=O)OCc4ccc(NC(=O)[C@H](C)NC(=O)C(N)C(C)C)cc4)ncnc32)O1)n1cc(F)c2c(=O)[nH]cnc21. The molecule has 2 unspecified atom stereocenters. The summed E-state index contributed by atoms with van der Waals surface area (Å²) in [6.45, 7) is -4.54.